The maximum atomic E-state index is 13.1. The predicted octanol–water partition coefficient (Wildman–Crippen LogP) is 5.06. The molecule has 2 N–H and O–H groups in total. The van der Waals surface area contributed by atoms with E-state index >= 15 is 0 Å². The van der Waals surface area contributed by atoms with Crippen molar-refractivity contribution in [3.63, 3.8) is 0 Å². The van der Waals surface area contributed by atoms with Gasteiger partial charge in [-0.25, -0.2) is 9.69 Å². The van der Waals surface area contributed by atoms with Crippen LogP contribution in [0.4, 0.5) is 16.2 Å². The SMILES string of the molecule is Cc1ccc(NC(=O)COc2ccc(/C=C3\C(=O)NC(=O)N(c4ccc(C)c(C)c4)C3=O)cc2Br)cc1. The molecule has 1 heterocycles. The molecule has 3 aromatic carbocycles. The second-order valence-corrected chi connectivity index (χ2v) is 9.47. The van der Waals surface area contributed by atoms with Crippen LogP contribution in [0, 0.1) is 20.8 Å². The van der Waals surface area contributed by atoms with E-state index in [2.05, 4.69) is 26.6 Å². The molecule has 1 saturated heterocycles. The van der Waals surface area contributed by atoms with Gasteiger partial charge in [-0.2, -0.15) is 0 Å². The van der Waals surface area contributed by atoms with Crippen LogP contribution in [-0.4, -0.2) is 30.4 Å². The molecule has 0 aliphatic carbocycles. The van der Waals surface area contributed by atoms with Crippen LogP contribution in [0.15, 0.2) is 70.7 Å². The fourth-order valence-electron chi connectivity index (χ4n) is 3.62. The second kappa shape index (κ2) is 10.8. The molecule has 0 spiro atoms. The van der Waals surface area contributed by atoms with Crippen LogP contribution in [0.3, 0.4) is 0 Å². The standard InChI is InChI=1S/C28H24BrN3O5/c1-16-4-8-20(9-5-16)30-25(33)15-37-24-11-7-19(14-23(24)29)13-22-26(34)31-28(36)32(27(22)35)21-10-6-17(2)18(3)12-21/h4-14H,15H2,1-3H3,(H,30,33)(H,31,34,36)/b22-13+. The van der Waals surface area contributed by atoms with Crippen LogP contribution >= 0.6 is 15.9 Å². The molecular formula is C28H24BrN3O5. The lowest BCUT2D eigenvalue weighted by atomic mass is 10.1. The molecule has 4 rings (SSSR count). The van der Waals surface area contributed by atoms with E-state index in [0.717, 1.165) is 21.6 Å². The number of nitrogens with one attached hydrogen (secondary N) is 2. The minimum absolute atomic E-state index is 0.184. The summed E-state index contributed by atoms with van der Waals surface area (Å²) < 4.78 is 6.14. The van der Waals surface area contributed by atoms with Gasteiger partial charge < -0.3 is 10.1 Å². The number of imide groups is 2. The van der Waals surface area contributed by atoms with Gasteiger partial charge in [0.05, 0.1) is 10.2 Å². The summed E-state index contributed by atoms with van der Waals surface area (Å²) in [6.45, 7) is 5.55. The number of aryl methyl sites for hydroxylation is 3. The van der Waals surface area contributed by atoms with Crippen LogP contribution < -0.4 is 20.3 Å². The van der Waals surface area contributed by atoms with Crippen molar-refractivity contribution >= 4 is 57.1 Å². The highest BCUT2D eigenvalue weighted by Gasteiger charge is 2.36. The molecule has 1 aliphatic rings. The zero-order valence-electron chi connectivity index (χ0n) is 20.4. The Bertz CT molecular complexity index is 1450. The van der Waals surface area contributed by atoms with Gasteiger partial charge in [-0.3, -0.25) is 19.7 Å². The average molecular weight is 562 g/mol. The number of carbonyl (C=O) groups excluding carboxylic acids is 4. The number of hydrogen-bond donors (Lipinski definition) is 2. The largest absolute Gasteiger partial charge is 0.483 e. The lowest BCUT2D eigenvalue weighted by Crippen LogP contribution is -2.54. The van der Waals surface area contributed by atoms with Gasteiger partial charge in [0.2, 0.25) is 0 Å². The van der Waals surface area contributed by atoms with Gasteiger partial charge in [-0.05, 0) is 95.9 Å². The molecule has 5 amide bonds. The van der Waals surface area contributed by atoms with Crippen LogP contribution in [0.2, 0.25) is 0 Å². The first-order valence-corrected chi connectivity index (χ1v) is 12.2. The summed E-state index contributed by atoms with van der Waals surface area (Å²) in [5.74, 6) is -1.41. The molecule has 37 heavy (non-hydrogen) atoms. The molecule has 3 aromatic rings. The molecule has 188 valence electrons. The number of urea groups is 1. The Morgan fingerprint density at radius 1 is 0.973 bits per heavy atom. The minimum Gasteiger partial charge on any atom is -0.483 e. The van der Waals surface area contributed by atoms with Crippen molar-refractivity contribution in [2.45, 2.75) is 20.8 Å². The zero-order chi connectivity index (χ0) is 26.7. The second-order valence-electron chi connectivity index (χ2n) is 8.62. The normalized spacial score (nSPS) is 14.5. The fraction of sp³-hybridized carbons (Fsp3) is 0.143. The number of rotatable bonds is 6. The summed E-state index contributed by atoms with van der Waals surface area (Å²) in [5, 5.41) is 4.98. The first-order valence-electron chi connectivity index (χ1n) is 11.4. The third kappa shape index (κ3) is 5.95. The highest BCUT2D eigenvalue weighted by Crippen LogP contribution is 2.29. The number of barbiturate groups is 1. The molecule has 9 heteroatoms. The Hall–Kier alpha value is -4.24. The van der Waals surface area contributed by atoms with Gasteiger partial charge in [-0.1, -0.05) is 29.8 Å². The Labute approximate surface area is 222 Å². The first kappa shape index (κ1) is 25.8. The van der Waals surface area contributed by atoms with Crippen molar-refractivity contribution < 1.29 is 23.9 Å². The zero-order valence-corrected chi connectivity index (χ0v) is 22.0. The number of benzene rings is 3. The molecule has 0 unspecified atom stereocenters. The summed E-state index contributed by atoms with van der Waals surface area (Å²) in [7, 11) is 0. The summed E-state index contributed by atoms with van der Waals surface area (Å²) in [5.41, 5.74) is 4.40. The highest BCUT2D eigenvalue weighted by molar-refractivity contribution is 9.10. The van der Waals surface area contributed by atoms with E-state index in [4.69, 9.17) is 4.74 Å². The lowest BCUT2D eigenvalue weighted by molar-refractivity contribution is -0.122. The number of nitrogens with zero attached hydrogens (tertiary/aromatic N) is 1. The number of carbonyl (C=O) groups is 4. The van der Waals surface area contributed by atoms with Crippen LogP contribution in [-0.2, 0) is 14.4 Å². The average Bonchev–Trinajstić information content (AvgIpc) is 2.84. The molecule has 0 atom stereocenters. The third-order valence-corrected chi connectivity index (χ3v) is 6.43. The van der Waals surface area contributed by atoms with Gasteiger partial charge >= 0.3 is 6.03 Å². The third-order valence-electron chi connectivity index (χ3n) is 5.81. The van der Waals surface area contributed by atoms with Crippen molar-refractivity contribution in [1.29, 1.82) is 0 Å². The topological polar surface area (TPSA) is 105 Å². The molecule has 1 fully saturated rings. The van der Waals surface area contributed by atoms with E-state index in [-0.39, 0.29) is 18.1 Å². The summed E-state index contributed by atoms with van der Waals surface area (Å²) in [6, 6.07) is 16.7. The van der Waals surface area contributed by atoms with Crippen LogP contribution in [0.25, 0.3) is 6.08 Å². The Balaban J connectivity index is 1.48. The van der Waals surface area contributed by atoms with Crippen molar-refractivity contribution in [2.24, 2.45) is 0 Å². The van der Waals surface area contributed by atoms with Crippen molar-refractivity contribution in [2.75, 3.05) is 16.8 Å². The Morgan fingerprint density at radius 3 is 2.38 bits per heavy atom. The number of amides is 5. The van der Waals surface area contributed by atoms with Crippen molar-refractivity contribution in [3.05, 3.63) is 93.0 Å². The van der Waals surface area contributed by atoms with E-state index < -0.39 is 17.8 Å². The Morgan fingerprint density at radius 2 is 1.70 bits per heavy atom. The summed E-state index contributed by atoms with van der Waals surface area (Å²) in [4.78, 5) is 51.2. The number of ether oxygens (including phenoxy) is 1. The highest BCUT2D eigenvalue weighted by atomic mass is 79.9. The van der Waals surface area contributed by atoms with Crippen LogP contribution in [0.5, 0.6) is 5.75 Å². The fourth-order valence-corrected chi connectivity index (χ4v) is 4.14. The molecule has 0 saturated carbocycles. The number of hydrogen-bond acceptors (Lipinski definition) is 5. The van der Waals surface area contributed by atoms with E-state index in [0.29, 0.717) is 27.2 Å². The van der Waals surface area contributed by atoms with Gasteiger partial charge in [0.15, 0.2) is 6.61 Å². The summed E-state index contributed by atoms with van der Waals surface area (Å²) >= 11 is 3.40. The van der Waals surface area contributed by atoms with Crippen LogP contribution in [0.1, 0.15) is 22.3 Å². The lowest BCUT2D eigenvalue weighted by Gasteiger charge is -2.26. The van der Waals surface area contributed by atoms with Gasteiger partial charge in [-0.15, -0.1) is 0 Å². The molecule has 8 nitrogen and oxygen atoms in total. The monoisotopic (exact) mass is 561 g/mol. The van der Waals surface area contributed by atoms with Gasteiger partial charge in [0.25, 0.3) is 17.7 Å². The van der Waals surface area contributed by atoms with Gasteiger partial charge in [0, 0.05) is 5.69 Å². The molecule has 0 radical (unpaired) electrons. The molecule has 0 bridgehead atoms. The van der Waals surface area contributed by atoms with E-state index in [1.165, 1.54) is 6.08 Å². The summed E-state index contributed by atoms with van der Waals surface area (Å²) in [6.07, 6.45) is 1.40. The van der Waals surface area contributed by atoms with Crippen molar-refractivity contribution in [1.82, 2.24) is 5.32 Å². The van der Waals surface area contributed by atoms with E-state index in [1.54, 1.807) is 30.3 Å². The number of anilines is 2. The van der Waals surface area contributed by atoms with E-state index in [1.807, 2.05) is 51.1 Å². The Kier molecular flexibility index (Phi) is 7.54. The quantitative estimate of drug-likeness (QED) is 0.323. The molecule has 1 aliphatic heterocycles. The molecule has 0 aromatic heterocycles. The van der Waals surface area contributed by atoms with Gasteiger partial charge in [0.1, 0.15) is 11.3 Å². The predicted molar refractivity (Wildman–Crippen MR) is 144 cm³/mol. The smallest absolute Gasteiger partial charge is 0.335 e. The van der Waals surface area contributed by atoms with Crippen molar-refractivity contribution in [3.8, 4) is 5.75 Å². The minimum atomic E-state index is -0.802. The maximum Gasteiger partial charge on any atom is 0.335 e. The first-order chi connectivity index (χ1) is 17.6. The number of halogens is 1. The van der Waals surface area contributed by atoms with E-state index in [9.17, 15) is 19.2 Å². The molecular weight excluding hydrogens is 538 g/mol. The maximum absolute atomic E-state index is 13.1.